The van der Waals surface area contributed by atoms with E-state index in [4.69, 9.17) is 14.2 Å². The fourth-order valence-corrected chi connectivity index (χ4v) is 8.03. The van der Waals surface area contributed by atoms with E-state index in [0.29, 0.717) is 38.6 Å². The van der Waals surface area contributed by atoms with Gasteiger partial charge in [0.2, 0.25) is 21.8 Å². The van der Waals surface area contributed by atoms with Crippen LogP contribution in [0.5, 0.6) is 0 Å². The molecule has 5 atom stereocenters. The molecule has 3 aliphatic heterocycles. The number of sulfonamides is 1. The molecule has 272 valence electrons. The van der Waals surface area contributed by atoms with Crippen molar-refractivity contribution in [3.05, 3.63) is 42.0 Å². The average molecular weight is 716 g/mol. The van der Waals surface area contributed by atoms with Crippen LogP contribution in [0.2, 0.25) is 0 Å². The highest BCUT2D eigenvalue weighted by Crippen LogP contribution is 2.46. The summed E-state index contributed by atoms with van der Waals surface area (Å²) in [6, 6.07) is 4.98. The van der Waals surface area contributed by atoms with Gasteiger partial charge < -0.3 is 29.7 Å². The van der Waals surface area contributed by atoms with Crippen molar-refractivity contribution in [1.29, 1.82) is 0 Å². The summed E-state index contributed by atoms with van der Waals surface area (Å²) in [5.41, 5.74) is -0.690. The molecule has 0 radical (unpaired) electrons. The largest absolute Gasteiger partial charge is 0.444 e. The van der Waals surface area contributed by atoms with Crippen molar-refractivity contribution in [2.24, 2.45) is 5.92 Å². The Kier molecular flexibility index (Phi) is 9.87. The monoisotopic (exact) mass is 715 g/mol. The zero-order chi connectivity index (χ0) is 35.8. The molecule has 0 spiro atoms. The number of ether oxygens (including phenoxy) is 3. The molecule has 1 aromatic rings. The molecule has 0 unspecified atom stereocenters. The summed E-state index contributed by atoms with van der Waals surface area (Å²) < 4.78 is 44.7. The lowest BCUT2D eigenvalue weighted by atomic mass is 10.1. The van der Waals surface area contributed by atoms with Gasteiger partial charge in [-0.2, -0.15) is 0 Å². The number of rotatable bonds is 5. The van der Waals surface area contributed by atoms with E-state index >= 15 is 0 Å². The summed E-state index contributed by atoms with van der Waals surface area (Å²) in [5.74, 6) is -2.71. The topological polar surface area (TPSA) is 190 Å². The van der Waals surface area contributed by atoms with E-state index in [1.165, 1.54) is 9.80 Å². The number of amides is 5. The number of carbonyl (C=O) groups is 5. The van der Waals surface area contributed by atoms with Crippen LogP contribution >= 0.6 is 0 Å². The maximum Gasteiger partial charge on any atom is 0.414 e. The van der Waals surface area contributed by atoms with Gasteiger partial charge in [-0.25, -0.2) is 18.0 Å². The third-order valence-corrected chi connectivity index (χ3v) is 11.3. The van der Waals surface area contributed by atoms with Crippen LogP contribution in [0, 0.1) is 5.92 Å². The Morgan fingerprint density at radius 2 is 1.88 bits per heavy atom. The molecule has 1 saturated heterocycles. The molecule has 6 rings (SSSR count). The van der Waals surface area contributed by atoms with Crippen LogP contribution in [-0.2, 0) is 45.0 Å². The molecule has 3 fully saturated rings. The number of hydrogen-bond acceptors (Lipinski definition) is 10. The minimum Gasteiger partial charge on any atom is -0.444 e. The Balaban J connectivity index is 1.26. The zero-order valence-electron chi connectivity index (χ0n) is 28.5. The number of allylic oxidation sites excluding steroid dienone is 1. The Morgan fingerprint density at radius 3 is 2.62 bits per heavy atom. The summed E-state index contributed by atoms with van der Waals surface area (Å²) in [5, 5.41) is 4.71. The van der Waals surface area contributed by atoms with Gasteiger partial charge in [-0.05, 0) is 70.9 Å². The Labute approximate surface area is 291 Å². The van der Waals surface area contributed by atoms with E-state index in [2.05, 4.69) is 15.4 Å². The first-order chi connectivity index (χ1) is 23.7. The Bertz CT molecular complexity index is 1670. The Hall–Kier alpha value is -4.18. The van der Waals surface area contributed by atoms with Crippen molar-refractivity contribution < 1.29 is 46.6 Å². The average Bonchev–Trinajstić information content (AvgIpc) is 3.93. The van der Waals surface area contributed by atoms with Gasteiger partial charge in [0.1, 0.15) is 29.3 Å². The highest BCUT2D eigenvalue weighted by atomic mass is 32.2. The van der Waals surface area contributed by atoms with Gasteiger partial charge in [0.25, 0.3) is 5.91 Å². The molecular formula is C34H45N5O10S. The smallest absolute Gasteiger partial charge is 0.414 e. The molecule has 16 heteroatoms. The minimum absolute atomic E-state index is 0.0998. The number of anilines is 1. The van der Waals surface area contributed by atoms with Crippen molar-refractivity contribution in [1.82, 2.24) is 20.3 Å². The van der Waals surface area contributed by atoms with Crippen LogP contribution in [0.4, 0.5) is 15.3 Å². The van der Waals surface area contributed by atoms with E-state index in [9.17, 15) is 32.4 Å². The lowest BCUT2D eigenvalue weighted by molar-refractivity contribution is -0.142. The quantitative estimate of drug-likeness (QED) is 0.380. The number of para-hydroxylation sites is 1. The first-order valence-electron chi connectivity index (χ1n) is 17.2. The first kappa shape index (κ1) is 35.6. The summed E-state index contributed by atoms with van der Waals surface area (Å²) in [6.07, 6.45) is 3.97. The number of nitrogens with one attached hydrogen (secondary N) is 3. The Morgan fingerprint density at radius 1 is 1.12 bits per heavy atom. The predicted molar refractivity (Wildman–Crippen MR) is 179 cm³/mol. The molecule has 0 bridgehead atoms. The highest BCUT2D eigenvalue weighted by Gasteiger charge is 2.62. The number of benzene rings is 1. The predicted octanol–water partition coefficient (Wildman–Crippen LogP) is 1.90. The van der Waals surface area contributed by atoms with Gasteiger partial charge in [0, 0.05) is 25.5 Å². The van der Waals surface area contributed by atoms with E-state index < -0.39 is 80.4 Å². The summed E-state index contributed by atoms with van der Waals surface area (Å²) in [6.45, 7) is 5.31. The van der Waals surface area contributed by atoms with Crippen LogP contribution < -0.4 is 20.3 Å². The summed E-state index contributed by atoms with van der Waals surface area (Å²) >= 11 is 0. The molecule has 2 aliphatic carbocycles. The second kappa shape index (κ2) is 13.9. The molecule has 3 heterocycles. The van der Waals surface area contributed by atoms with Gasteiger partial charge in [-0.3, -0.25) is 24.0 Å². The van der Waals surface area contributed by atoms with Crippen molar-refractivity contribution in [2.75, 3.05) is 31.2 Å². The lowest BCUT2D eigenvalue weighted by Gasteiger charge is -2.30. The SMILES string of the molecule is CC(C)(C)OC(=O)N[C@H]1COCCC/C=C\[C@@H]2C[C@@]2(C(=O)NS(=O)(=O)C2CC2)NC(=O)[C@@H]2C[C@@H](OC(=O)N3CCc4ccccc43)CN2C1=O. The van der Waals surface area contributed by atoms with Crippen molar-refractivity contribution in [2.45, 2.75) is 100 Å². The first-order valence-corrected chi connectivity index (χ1v) is 18.7. The van der Waals surface area contributed by atoms with Crippen LogP contribution in [0.15, 0.2) is 36.4 Å². The third kappa shape index (κ3) is 7.90. The molecule has 50 heavy (non-hydrogen) atoms. The molecule has 2 saturated carbocycles. The fourth-order valence-electron chi connectivity index (χ4n) is 6.67. The van der Waals surface area contributed by atoms with E-state index in [1.54, 1.807) is 26.8 Å². The minimum atomic E-state index is -3.91. The molecule has 3 N–H and O–H groups in total. The molecular weight excluding hydrogens is 670 g/mol. The second-order valence-corrected chi connectivity index (χ2v) is 16.5. The van der Waals surface area contributed by atoms with E-state index in [1.807, 2.05) is 30.3 Å². The van der Waals surface area contributed by atoms with Crippen molar-refractivity contribution in [3.8, 4) is 0 Å². The molecule has 1 aromatic carbocycles. The normalized spacial score (nSPS) is 29.3. The molecule has 0 aromatic heterocycles. The number of hydrogen-bond donors (Lipinski definition) is 3. The van der Waals surface area contributed by atoms with Gasteiger partial charge in [0.15, 0.2) is 0 Å². The maximum atomic E-state index is 14.2. The fraction of sp³-hybridized carbons (Fsp3) is 0.618. The maximum absolute atomic E-state index is 14.2. The number of fused-ring (bicyclic) bond motifs is 3. The molecule has 5 aliphatic rings. The van der Waals surface area contributed by atoms with Crippen LogP contribution in [0.3, 0.4) is 0 Å². The second-order valence-electron chi connectivity index (χ2n) is 14.6. The van der Waals surface area contributed by atoms with Gasteiger partial charge in [0.05, 0.1) is 24.1 Å². The number of nitrogens with zero attached hydrogens (tertiary/aromatic N) is 2. The van der Waals surface area contributed by atoms with Crippen LogP contribution in [0.25, 0.3) is 0 Å². The molecule has 5 amide bonds. The van der Waals surface area contributed by atoms with Crippen molar-refractivity contribution >= 4 is 45.6 Å². The van der Waals surface area contributed by atoms with E-state index in [0.717, 1.165) is 11.3 Å². The zero-order valence-corrected chi connectivity index (χ0v) is 29.3. The molecule has 15 nitrogen and oxygen atoms in total. The highest BCUT2D eigenvalue weighted by molar-refractivity contribution is 7.91. The van der Waals surface area contributed by atoms with Gasteiger partial charge in [-0.1, -0.05) is 30.4 Å². The standard InChI is InChI=1S/C34H45N5O10S/c1-33(2,3)49-31(43)35-25-20-47-16-8-4-5-10-22-18-34(22,30(42)37-50(45,46)24-12-13-24)36-28(40)27-17-23(19-39(27)29(25)41)48-32(44)38-15-14-21-9-6-7-11-26(21)38/h5-7,9-11,22-25,27H,4,8,12-20H2,1-3H3,(H,35,43)(H,36,40)(H,37,42)/b10-5-/t22-,23-,25+,27+,34-/m1/s1. The van der Waals surface area contributed by atoms with Crippen LogP contribution in [0.1, 0.15) is 64.9 Å². The number of carbonyl (C=O) groups excluding carboxylic acids is 5. The van der Waals surface area contributed by atoms with Gasteiger partial charge in [-0.15, -0.1) is 0 Å². The van der Waals surface area contributed by atoms with Crippen molar-refractivity contribution in [3.63, 3.8) is 0 Å². The summed E-state index contributed by atoms with van der Waals surface area (Å²) in [4.78, 5) is 70.9. The van der Waals surface area contributed by atoms with E-state index in [-0.39, 0.29) is 32.6 Å². The summed E-state index contributed by atoms with van der Waals surface area (Å²) in [7, 11) is -3.91. The number of alkyl carbamates (subject to hydrolysis) is 1. The van der Waals surface area contributed by atoms with Gasteiger partial charge >= 0.3 is 12.2 Å². The lowest BCUT2D eigenvalue weighted by Crippen LogP contribution is -2.59. The third-order valence-electron chi connectivity index (χ3n) is 9.49. The van der Waals surface area contributed by atoms with Crippen LogP contribution in [-0.4, -0.2) is 104 Å².